The molecule has 1 aliphatic rings. The maximum Gasteiger partial charge on any atom is 0.135 e. The lowest BCUT2D eigenvalue weighted by Gasteiger charge is -2.26. The highest BCUT2D eigenvalue weighted by molar-refractivity contribution is 5.59. The second kappa shape index (κ2) is 9.93. The molecule has 7 heteroatoms. The lowest BCUT2D eigenvalue weighted by Crippen LogP contribution is -2.33. The number of benzene rings is 1. The van der Waals surface area contributed by atoms with Crippen LogP contribution in [0.2, 0.25) is 0 Å². The van der Waals surface area contributed by atoms with Crippen molar-refractivity contribution in [3.8, 4) is 5.75 Å². The average molecular weight is 393 g/mol. The third-order valence-electron chi connectivity index (χ3n) is 4.94. The number of nitrogens with zero attached hydrogens (tertiary/aromatic N) is 3. The molecule has 0 spiro atoms. The second-order valence-electron chi connectivity index (χ2n) is 7.12. The molecule has 0 aliphatic carbocycles. The van der Waals surface area contributed by atoms with E-state index in [1.54, 1.807) is 6.26 Å². The largest absolute Gasteiger partial charge is 0.492 e. The summed E-state index contributed by atoms with van der Waals surface area (Å²) >= 11 is 0. The van der Waals surface area contributed by atoms with Crippen LogP contribution in [0.4, 0.5) is 17.3 Å². The Hall–Kier alpha value is -3.06. The maximum absolute atomic E-state index is 5.89. The number of furan rings is 1. The molecule has 1 aliphatic heterocycles. The molecule has 3 aromatic rings. The molecule has 0 saturated carbocycles. The molecule has 0 radical (unpaired) electrons. The molecule has 1 saturated heterocycles. The van der Waals surface area contributed by atoms with E-state index in [4.69, 9.17) is 9.15 Å². The molecular weight excluding hydrogens is 366 g/mol. The van der Waals surface area contributed by atoms with Crippen molar-refractivity contribution in [2.75, 3.05) is 36.9 Å². The van der Waals surface area contributed by atoms with Crippen molar-refractivity contribution in [3.05, 3.63) is 60.8 Å². The number of rotatable bonds is 9. The second-order valence-corrected chi connectivity index (χ2v) is 7.12. The van der Waals surface area contributed by atoms with Gasteiger partial charge in [-0.15, -0.1) is 0 Å². The van der Waals surface area contributed by atoms with Gasteiger partial charge in [-0.2, -0.15) is 0 Å². The van der Waals surface area contributed by atoms with Crippen LogP contribution in [0.3, 0.4) is 0 Å². The Labute approximate surface area is 171 Å². The van der Waals surface area contributed by atoms with Gasteiger partial charge in [-0.05, 0) is 62.3 Å². The van der Waals surface area contributed by atoms with Gasteiger partial charge in [0.05, 0.1) is 12.8 Å². The van der Waals surface area contributed by atoms with Crippen molar-refractivity contribution < 1.29 is 9.15 Å². The van der Waals surface area contributed by atoms with Crippen LogP contribution in [0.1, 0.15) is 25.0 Å². The molecule has 1 fully saturated rings. The van der Waals surface area contributed by atoms with E-state index in [0.717, 1.165) is 42.0 Å². The summed E-state index contributed by atoms with van der Waals surface area (Å²) in [6.07, 6.45) is 7.17. The first-order valence-corrected chi connectivity index (χ1v) is 10.2. The molecule has 2 aromatic heterocycles. The van der Waals surface area contributed by atoms with E-state index in [9.17, 15) is 0 Å². The highest BCUT2D eigenvalue weighted by Gasteiger charge is 2.09. The number of hydrogen-bond donors (Lipinski definition) is 2. The smallest absolute Gasteiger partial charge is 0.135 e. The van der Waals surface area contributed by atoms with Gasteiger partial charge in [-0.1, -0.05) is 6.42 Å². The predicted molar refractivity (Wildman–Crippen MR) is 114 cm³/mol. The van der Waals surface area contributed by atoms with Crippen LogP contribution in [0, 0.1) is 0 Å². The summed E-state index contributed by atoms with van der Waals surface area (Å²) in [5, 5.41) is 6.52. The molecule has 0 amide bonds. The van der Waals surface area contributed by atoms with E-state index in [-0.39, 0.29) is 0 Å². The van der Waals surface area contributed by atoms with Gasteiger partial charge < -0.3 is 19.8 Å². The zero-order valence-corrected chi connectivity index (χ0v) is 16.5. The van der Waals surface area contributed by atoms with Gasteiger partial charge in [0.1, 0.15) is 36.1 Å². The van der Waals surface area contributed by atoms with Crippen LogP contribution in [0.5, 0.6) is 5.75 Å². The van der Waals surface area contributed by atoms with E-state index >= 15 is 0 Å². The van der Waals surface area contributed by atoms with Crippen LogP contribution in [0.15, 0.2) is 59.5 Å². The van der Waals surface area contributed by atoms with Crippen molar-refractivity contribution in [2.45, 2.75) is 25.8 Å². The summed E-state index contributed by atoms with van der Waals surface area (Å²) in [7, 11) is 0. The van der Waals surface area contributed by atoms with Crippen molar-refractivity contribution in [2.24, 2.45) is 0 Å². The van der Waals surface area contributed by atoms with Crippen molar-refractivity contribution in [1.29, 1.82) is 0 Å². The maximum atomic E-state index is 5.89. The Morgan fingerprint density at radius 2 is 1.83 bits per heavy atom. The fraction of sp³-hybridized carbons (Fsp3) is 0.364. The normalized spacial score (nSPS) is 14.5. The third-order valence-corrected chi connectivity index (χ3v) is 4.94. The topological polar surface area (TPSA) is 75.5 Å². The summed E-state index contributed by atoms with van der Waals surface area (Å²) in [6, 6.07) is 13.6. The first-order valence-electron chi connectivity index (χ1n) is 10.2. The first-order chi connectivity index (χ1) is 14.3. The van der Waals surface area contributed by atoms with Gasteiger partial charge in [-0.3, -0.25) is 4.90 Å². The van der Waals surface area contributed by atoms with Crippen LogP contribution in [-0.4, -0.2) is 41.1 Å². The van der Waals surface area contributed by atoms with Crippen molar-refractivity contribution in [1.82, 2.24) is 14.9 Å². The Morgan fingerprint density at radius 1 is 1.00 bits per heavy atom. The molecular formula is C22H27N5O2. The summed E-state index contributed by atoms with van der Waals surface area (Å²) in [5.41, 5.74) is 0.948. The number of anilines is 3. The lowest BCUT2D eigenvalue weighted by atomic mass is 10.1. The molecule has 0 bridgehead atoms. The number of likely N-dealkylation sites (tertiary alicyclic amines) is 1. The van der Waals surface area contributed by atoms with Gasteiger partial charge in [0, 0.05) is 18.3 Å². The van der Waals surface area contributed by atoms with E-state index < -0.39 is 0 Å². The molecule has 1 aromatic carbocycles. The highest BCUT2D eigenvalue weighted by atomic mass is 16.5. The third kappa shape index (κ3) is 5.96. The van der Waals surface area contributed by atoms with E-state index in [1.165, 1.54) is 38.7 Å². The number of piperidine rings is 1. The minimum atomic E-state index is 0.576. The van der Waals surface area contributed by atoms with Gasteiger partial charge in [0.2, 0.25) is 0 Å². The average Bonchev–Trinajstić information content (AvgIpc) is 3.28. The highest BCUT2D eigenvalue weighted by Crippen LogP contribution is 2.20. The van der Waals surface area contributed by atoms with Gasteiger partial charge in [0.15, 0.2) is 0 Å². The number of ether oxygens (including phenoxy) is 1. The fourth-order valence-corrected chi connectivity index (χ4v) is 3.37. The molecule has 2 N–H and O–H groups in total. The van der Waals surface area contributed by atoms with Crippen molar-refractivity contribution in [3.63, 3.8) is 0 Å². The van der Waals surface area contributed by atoms with Crippen LogP contribution >= 0.6 is 0 Å². The Kier molecular flexibility index (Phi) is 6.60. The number of hydrogen-bond acceptors (Lipinski definition) is 7. The molecule has 4 rings (SSSR count). The summed E-state index contributed by atoms with van der Waals surface area (Å²) in [5.74, 6) is 3.20. The minimum Gasteiger partial charge on any atom is -0.492 e. The molecule has 0 unspecified atom stereocenters. The lowest BCUT2D eigenvalue weighted by molar-refractivity contribution is 0.183. The van der Waals surface area contributed by atoms with Crippen molar-refractivity contribution >= 4 is 17.3 Å². The summed E-state index contributed by atoms with van der Waals surface area (Å²) < 4.78 is 11.2. The standard InChI is InChI=1S/C22H27N5O2/c1-2-10-27(11-3-1)12-14-29-19-8-6-18(7-9-19)26-22-15-21(24-17-25-22)23-16-20-5-4-13-28-20/h4-9,13,15,17H,1-3,10-12,14,16H2,(H2,23,24,25,26). The Bertz CT molecular complexity index is 861. The van der Waals surface area contributed by atoms with E-state index in [2.05, 4.69) is 25.5 Å². The molecule has 152 valence electrons. The number of nitrogens with one attached hydrogen (secondary N) is 2. The van der Waals surface area contributed by atoms with Crippen LogP contribution in [0.25, 0.3) is 0 Å². The zero-order chi connectivity index (χ0) is 19.7. The molecule has 3 heterocycles. The van der Waals surface area contributed by atoms with Gasteiger partial charge >= 0.3 is 0 Å². The Morgan fingerprint density at radius 3 is 2.62 bits per heavy atom. The Balaban J connectivity index is 1.25. The predicted octanol–water partition coefficient (Wildman–Crippen LogP) is 4.29. The van der Waals surface area contributed by atoms with E-state index in [0.29, 0.717) is 6.54 Å². The SMILES string of the molecule is c1coc(CNc2cc(Nc3ccc(OCCN4CCCCC4)cc3)ncn2)c1. The van der Waals surface area contributed by atoms with Crippen LogP contribution < -0.4 is 15.4 Å². The quantitative estimate of drug-likeness (QED) is 0.562. The molecule has 7 nitrogen and oxygen atoms in total. The monoisotopic (exact) mass is 393 g/mol. The first kappa shape index (κ1) is 19.3. The zero-order valence-electron chi connectivity index (χ0n) is 16.5. The van der Waals surface area contributed by atoms with Gasteiger partial charge in [0.25, 0.3) is 0 Å². The summed E-state index contributed by atoms with van der Waals surface area (Å²) in [4.78, 5) is 11.0. The molecule has 29 heavy (non-hydrogen) atoms. The summed E-state index contributed by atoms with van der Waals surface area (Å²) in [6.45, 7) is 4.69. The number of aromatic nitrogens is 2. The molecule has 0 atom stereocenters. The van der Waals surface area contributed by atoms with E-state index in [1.807, 2.05) is 42.5 Å². The van der Waals surface area contributed by atoms with Gasteiger partial charge in [-0.25, -0.2) is 9.97 Å². The minimum absolute atomic E-state index is 0.576. The van der Waals surface area contributed by atoms with Crippen LogP contribution in [-0.2, 0) is 6.54 Å². The fourth-order valence-electron chi connectivity index (χ4n) is 3.37.